The maximum Gasteiger partial charge on any atom is 0.342 e. The number of carbonyl (C=O) groups excluding carboxylic acids is 1. The number of carboxylic acid groups (broad SMARTS) is 1. The lowest BCUT2D eigenvalue weighted by Crippen LogP contribution is -2.28. The average molecular weight is 266 g/mol. The fourth-order valence-electron chi connectivity index (χ4n) is 2.12. The van der Waals surface area contributed by atoms with Gasteiger partial charge in [-0.1, -0.05) is 6.07 Å². The van der Waals surface area contributed by atoms with Gasteiger partial charge < -0.3 is 19.7 Å². The molecule has 1 heterocycles. The summed E-state index contributed by atoms with van der Waals surface area (Å²) in [7, 11) is 1.39. The maximum absolute atomic E-state index is 11.8. The van der Waals surface area contributed by atoms with Gasteiger partial charge in [0.15, 0.2) is 11.5 Å². The average Bonchev–Trinajstić information content (AvgIpc) is 2.36. The summed E-state index contributed by atoms with van der Waals surface area (Å²) >= 11 is 0. The molecule has 0 radical (unpaired) electrons. The van der Waals surface area contributed by atoms with Crippen molar-refractivity contribution in [1.82, 2.24) is 0 Å². The molecule has 1 atom stereocenters. The van der Waals surface area contributed by atoms with E-state index < -0.39 is 18.0 Å². The summed E-state index contributed by atoms with van der Waals surface area (Å²) < 4.78 is 10.1. The standard InChI is InChI=1S/C13H14O6/c1-18-9-4-2-7-6-8(3-5-10(14)15)19-13(17)11(7)12(9)16/h2,4,8,16H,3,5-6H2,1H3,(H,14,15)/t8-/m1/s1. The van der Waals surface area contributed by atoms with Gasteiger partial charge in [-0.2, -0.15) is 0 Å². The number of hydrogen-bond donors (Lipinski definition) is 2. The molecule has 1 aromatic rings. The van der Waals surface area contributed by atoms with Crippen molar-refractivity contribution in [2.24, 2.45) is 0 Å². The Hall–Kier alpha value is -2.24. The van der Waals surface area contributed by atoms with Crippen LogP contribution in [-0.2, 0) is 16.0 Å². The van der Waals surface area contributed by atoms with Gasteiger partial charge in [-0.25, -0.2) is 4.79 Å². The van der Waals surface area contributed by atoms with Crippen LogP contribution in [0.4, 0.5) is 0 Å². The highest BCUT2D eigenvalue weighted by Gasteiger charge is 2.30. The van der Waals surface area contributed by atoms with Crippen LogP contribution < -0.4 is 4.74 Å². The number of carboxylic acids is 1. The van der Waals surface area contributed by atoms with E-state index in [1.165, 1.54) is 7.11 Å². The third-order valence-corrected chi connectivity index (χ3v) is 3.05. The van der Waals surface area contributed by atoms with Crippen LogP contribution in [0.3, 0.4) is 0 Å². The van der Waals surface area contributed by atoms with E-state index in [1.807, 2.05) is 0 Å². The van der Waals surface area contributed by atoms with Crippen molar-refractivity contribution < 1.29 is 29.3 Å². The number of aliphatic carboxylic acids is 1. The minimum Gasteiger partial charge on any atom is -0.504 e. The highest BCUT2D eigenvalue weighted by molar-refractivity contribution is 5.96. The number of fused-ring (bicyclic) bond motifs is 1. The van der Waals surface area contributed by atoms with Crippen LogP contribution in [0.5, 0.6) is 11.5 Å². The highest BCUT2D eigenvalue weighted by atomic mass is 16.5. The number of ether oxygens (including phenoxy) is 2. The van der Waals surface area contributed by atoms with Crippen molar-refractivity contribution in [3.8, 4) is 11.5 Å². The summed E-state index contributed by atoms with van der Waals surface area (Å²) in [6.07, 6.45) is 0.123. The Morgan fingerprint density at radius 2 is 2.26 bits per heavy atom. The molecule has 0 unspecified atom stereocenters. The third-order valence-electron chi connectivity index (χ3n) is 3.05. The molecule has 6 nitrogen and oxygen atoms in total. The Labute approximate surface area is 109 Å². The molecule has 0 saturated heterocycles. The summed E-state index contributed by atoms with van der Waals surface area (Å²) in [5.74, 6) is -1.60. The SMILES string of the molecule is COc1ccc2c(c1O)C(=O)O[C@H](CCC(=O)O)C2. The summed E-state index contributed by atoms with van der Waals surface area (Å²) in [6, 6.07) is 3.25. The molecule has 0 bridgehead atoms. The molecule has 1 aliphatic heterocycles. The molecule has 19 heavy (non-hydrogen) atoms. The largest absolute Gasteiger partial charge is 0.504 e. The Kier molecular flexibility index (Phi) is 3.59. The molecule has 0 fully saturated rings. The van der Waals surface area contributed by atoms with Crippen LogP contribution in [0.15, 0.2) is 12.1 Å². The van der Waals surface area contributed by atoms with E-state index in [9.17, 15) is 14.7 Å². The molecule has 0 aliphatic carbocycles. The zero-order chi connectivity index (χ0) is 14.0. The van der Waals surface area contributed by atoms with Crippen LogP contribution >= 0.6 is 0 Å². The van der Waals surface area contributed by atoms with Gasteiger partial charge in [-0.15, -0.1) is 0 Å². The van der Waals surface area contributed by atoms with E-state index in [1.54, 1.807) is 12.1 Å². The fourth-order valence-corrected chi connectivity index (χ4v) is 2.12. The van der Waals surface area contributed by atoms with Gasteiger partial charge in [0.25, 0.3) is 0 Å². The summed E-state index contributed by atoms with van der Waals surface area (Å²) in [6.45, 7) is 0. The smallest absolute Gasteiger partial charge is 0.342 e. The predicted octanol–water partition coefficient (Wildman–Crippen LogP) is 1.35. The van der Waals surface area contributed by atoms with Gasteiger partial charge >= 0.3 is 11.9 Å². The Morgan fingerprint density at radius 3 is 2.89 bits per heavy atom. The molecule has 1 aliphatic rings. The highest BCUT2D eigenvalue weighted by Crippen LogP contribution is 2.36. The van der Waals surface area contributed by atoms with Crippen LogP contribution in [0.2, 0.25) is 0 Å². The number of esters is 1. The van der Waals surface area contributed by atoms with Gasteiger partial charge in [0.1, 0.15) is 11.7 Å². The van der Waals surface area contributed by atoms with Crippen molar-refractivity contribution in [3.05, 3.63) is 23.3 Å². The zero-order valence-electron chi connectivity index (χ0n) is 10.4. The monoisotopic (exact) mass is 266 g/mol. The molecular formula is C13H14O6. The molecule has 0 amide bonds. The molecule has 2 rings (SSSR count). The Morgan fingerprint density at radius 1 is 1.53 bits per heavy atom. The summed E-state index contributed by atoms with van der Waals surface area (Å²) in [5, 5.41) is 18.5. The number of carbonyl (C=O) groups is 2. The molecule has 0 spiro atoms. The van der Waals surface area contributed by atoms with Gasteiger partial charge in [-0.3, -0.25) is 4.79 Å². The third kappa shape index (κ3) is 2.62. The minimum absolute atomic E-state index is 0.0601. The number of benzene rings is 1. The van der Waals surface area contributed by atoms with Gasteiger partial charge in [0, 0.05) is 12.8 Å². The second-order valence-electron chi connectivity index (χ2n) is 4.31. The lowest BCUT2D eigenvalue weighted by atomic mass is 9.95. The first kappa shape index (κ1) is 13.2. The van der Waals surface area contributed by atoms with Crippen molar-refractivity contribution in [2.45, 2.75) is 25.4 Å². The van der Waals surface area contributed by atoms with Crippen molar-refractivity contribution in [2.75, 3.05) is 7.11 Å². The van der Waals surface area contributed by atoms with Crippen molar-refractivity contribution in [3.63, 3.8) is 0 Å². The van der Waals surface area contributed by atoms with Crippen LogP contribution in [0.25, 0.3) is 0 Å². The number of methoxy groups -OCH3 is 1. The molecule has 1 aromatic carbocycles. The maximum atomic E-state index is 11.8. The number of cyclic esters (lactones) is 1. The number of hydrogen-bond acceptors (Lipinski definition) is 5. The molecule has 0 aromatic heterocycles. The summed E-state index contributed by atoms with van der Waals surface area (Å²) in [4.78, 5) is 22.4. The summed E-state index contributed by atoms with van der Waals surface area (Å²) in [5.41, 5.74) is 0.746. The first-order valence-corrected chi connectivity index (χ1v) is 5.84. The van der Waals surface area contributed by atoms with Crippen molar-refractivity contribution >= 4 is 11.9 Å². The molecule has 0 saturated carbocycles. The molecule has 102 valence electrons. The second kappa shape index (κ2) is 5.17. The number of rotatable bonds is 4. The second-order valence-corrected chi connectivity index (χ2v) is 4.31. The predicted molar refractivity (Wildman–Crippen MR) is 64.4 cm³/mol. The Balaban J connectivity index is 2.23. The fraction of sp³-hybridized carbons (Fsp3) is 0.385. The van der Waals surface area contributed by atoms with Crippen LogP contribution in [0, 0.1) is 0 Å². The number of aromatic hydroxyl groups is 1. The lowest BCUT2D eigenvalue weighted by molar-refractivity contribution is -0.137. The molecule has 2 N–H and O–H groups in total. The van der Waals surface area contributed by atoms with E-state index in [-0.39, 0.29) is 29.9 Å². The van der Waals surface area contributed by atoms with Crippen LogP contribution in [-0.4, -0.2) is 35.4 Å². The van der Waals surface area contributed by atoms with E-state index in [2.05, 4.69) is 0 Å². The van der Waals surface area contributed by atoms with E-state index in [4.69, 9.17) is 14.6 Å². The van der Waals surface area contributed by atoms with E-state index in [0.717, 1.165) is 0 Å². The van der Waals surface area contributed by atoms with E-state index in [0.29, 0.717) is 12.0 Å². The minimum atomic E-state index is -0.931. The van der Waals surface area contributed by atoms with Gasteiger partial charge in [0.2, 0.25) is 0 Å². The van der Waals surface area contributed by atoms with Gasteiger partial charge in [-0.05, 0) is 18.1 Å². The zero-order valence-corrected chi connectivity index (χ0v) is 10.4. The quantitative estimate of drug-likeness (QED) is 0.799. The lowest BCUT2D eigenvalue weighted by Gasteiger charge is -2.25. The molecular weight excluding hydrogens is 252 g/mol. The van der Waals surface area contributed by atoms with Crippen molar-refractivity contribution in [1.29, 1.82) is 0 Å². The van der Waals surface area contributed by atoms with Crippen LogP contribution in [0.1, 0.15) is 28.8 Å². The van der Waals surface area contributed by atoms with E-state index >= 15 is 0 Å². The first-order chi connectivity index (χ1) is 9.02. The number of phenols is 1. The number of phenolic OH excluding ortho intramolecular Hbond substituents is 1. The first-order valence-electron chi connectivity index (χ1n) is 5.84. The molecule has 6 heteroatoms. The normalized spacial score (nSPS) is 17.5. The van der Waals surface area contributed by atoms with Gasteiger partial charge in [0.05, 0.1) is 7.11 Å². The Bertz CT molecular complexity index is 522. The topological polar surface area (TPSA) is 93.1 Å².